The zero-order chi connectivity index (χ0) is 19.0. The maximum Gasteiger partial charge on any atom is 0.233 e. The van der Waals surface area contributed by atoms with E-state index in [1.807, 2.05) is 55.5 Å². The number of nitrogens with zero attached hydrogens (tertiary/aromatic N) is 2. The van der Waals surface area contributed by atoms with Crippen molar-refractivity contribution in [3.05, 3.63) is 59.7 Å². The average Bonchev–Trinajstić information content (AvgIpc) is 3.24. The second kappa shape index (κ2) is 7.05. The third-order valence-electron chi connectivity index (χ3n) is 4.87. The van der Waals surface area contributed by atoms with E-state index >= 15 is 0 Å². The molecule has 7 heteroatoms. The van der Waals surface area contributed by atoms with Crippen molar-refractivity contribution in [2.45, 2.75) is 19.9 Å². The minimum atomic E-state index is -3.12. The number of sulfone groups is 1. The Morgan fingerprint density at radius 2 is 1.96 bits per heavy atom. The molecule has 1 atom stereocenters. The van der Waals surface area contributed by atoms with Crippen molar-refractivity contribution in [3.8, 4) is 0 Å². The van der Waals surface area contributed by atoms with Crippen LogP contribution >= 0.6 is 11.3 Å². The van der Waals surface area contributed by atoms with Crippen LogP contribution in [0.1, 0.15) is 17.5 Å². The minimum Gasteiger partial charge on any atom is -0.283 e. The lowest BCUT2D eigenvalue weighted by Gasteiger charge is -2.23. The second-order valence-corrected chi connectivity index (χ2v) is 10.2. The second-order valence-electron chi connectivity index (χ2n) is 6.93. The smallest absolute Gasteiger partial charge is 0.233 e. The Hall–Kier alpha value is -2.25. The van der Waals surface area contributed by atoms with E-state index < -0.39 is 15.8 Å². The fourth-order valence-electron chi connectivity index (χ4n) is 3.41. The average molecular weight is 401 g/mol. The Morgan fingerprint density at radius 1 is 1.19 bits per heavy atom. The lowest BCUT2D eigenvalue weighted by Crippen LogP contribution is -2.36. The number of thiazole rings is 1. The van der Waals surface area contributed by atoms with E-state index in [1.165, 1.54) is 11.3 Å². The van der Waals surface area contributed by atoms with Gasteiger partial charge >= 0.3 is 0 Å². The molecule has 0 bridgehead atoms. The largest absolute Gasteiger partial charge is 0.283 e. The molecule has 4 rings (SSSR count). The third kappa shape index (κ3) is 3.75. The summed E-state index contributed by atoms with van der Waals surface area (Å²) >= 11 is 1.47. The first-order valence-corrected chi connectivity index (χ1v) is 11.5. The molecule has 1 fully saturated rings. The number of fused-ring (bicyclic) bond motifs is 1. The van der Waals surface area contributed by atoms with Crippen LogP contribution in [0, 0.1) is 12.8 Å². The molecule has 27 heavy (non-hydrogen) atoms. The first-order valence-electron chi connectivity index (χ1n) is 8.85. The molecule has 3 aromatic rings. The normalized spacial score (nSPS) is 18.6. The lowest BCUT2D eigenvalue weighted by atomic mass is 10.1. The molecule has 0 radical (unpaired) electrons. The zero-order valence-corrected chi connectivity index (χ0v) is 16.6. The van der Waals surface area contributed by atoms with Gasteiger partial charge in [-0.3, -0.25) is 9.69 Å². The summed E-state index contributed by atoms with van der Waals surface area (Å²) in [6.45, 7) is 2.38. The van der Waals surface area contributed by atoms with Gasteiger partial charge in [-0.1, -0.05) is 53.8 Å². The van der Waals surface area contributed by atoms with Crippen LogP contribution in [0.3, 0.4) is 0 Å². The first kappa shape index (κ1) is 18.1. The number of carbonyl (C=O) groups is 1. The molecular weight excluding hydrogens is 380 g/mol. The highest BCUT2D eigenvalue weighted by Crippen LogP contribution is 2.33. The molecule has 0 saturated carbocycles. The fraction of sp³-hybridized carbons (Fsp3) is 0.300. The number of benzene rings is 2. The highest BCUT2D eigenvalue weighted by atomic mass is 32.2. The fourth-order valence-corrected chi connectivity index (χ4v) is 6.19. The Balaban J connectivity index is 1.73. The molecule has 2 aromatic carbocycles. The molecule has 1 aliphatic rings. The molecule has 0 spiro atoms. The molecule has 2 heterocycles. The molecule has 0 N–H and O–H groups in total. The first-order chi connectivity index (χ1) is 12.9. The molecule has 0 aliphatic carbocycles. The van der Waals surface area contributed by atoms with E-state index in [2.05, 4.69) is 0 Å². The van der Waals surface area contributed by atoms with Crippen molar-refractivity contribution >= 4 is 42.4 Å². The number of amides is 1. The van der Waals surface area contributed by atoms with Gasteiger partial charge in [-0.25, -0.2) is 13.4 Å². The summed E-state index contributed by atoms with van der Waals surface area (Å²) in [7, 11) is -3.12. The summed E-state index contributed by atoms with van der Waals surface area (Å²) in [4.78, 5) is 19.6. The molecule has 0 unspecified atom stereocenters. The van der Waals surface area contributed by atoms with Crippen molar-refractivity contribution in [2.24, 2.45) is 5.92 Å². The Morgan fingerprint density at radius 3 is 2.63 bits per heavy atom. The summed E-state index contributed by atoms with van der Waals surface area (Å²) < 4.78 is 24.8. The molecule has 5 nitrogen and oxygen atoms in total. The summed E-state index contributed by atoms with van der Waals surface area (Å²) in [6, 6.07) is 15.7. The van der Waals surface area contributed by atoms with E-state index in [-0.39, 0.29) is 17.4 Å². The van der Waals surface area contributed by atoms with Crippen LogP contribution in [0.2, 0.25) is 0 Å². The van der Waals surface area contributed by atoms with Crippen molar-refractivity contribution in [1.29, 1.82) is 0 Å². The lowest BCUT2D eigenvalue weighted by molar-refractivity contribution is -0.121. The summed E-state index contributed by atoms with van der Waals surface area (Å²) in [5.41, 5.74) is 2.94. The standard InChI is InChI=1S/C20H20N2O3S2/c1-14-6-5-9-17-18(14)21-20(26-17)22(12-15-7-3-2-4-8-15)19(23)16-10-11-27(24,25)13-16/h2-9,16H,10-13H2,1H3/t16-/m1/s1. The van der Waals surface area contributed by atoms with Crippen LogP contribution in [-0.2, 0) is 21.2 Å². The van der Waals surface area contributed by atoms with E-state index in [1.54, 1.807) is 4.90 Å². The Labute approximate surface area is 162 Å². The van der Waals surface area contributed by atoms with E-state index in [0.717, 1.165) is 21.3 Å². The van der Waals surface area contributed by atoms with Gasteiger partial charge in [0.2, 0.25) is 5.91 Å². The van der Waals surface area contributed by atoms with Crippen molar-refractivity contribution in [3.63, 3.8) is 0 Å². The van der Waals surface area contributed by atoms with Crippen molar-refractivity contribution in [2.75, 3.05) is 16.4 Å². The maximum absolute atomic E-state index is 13.2. The topological polar surface area (TPSA) is 67.3 Å². The number of hydrogen-bond acceptors (Lipinski definition) is 5. The van der Waals surface area contributed by atoms with Gasteiger partial charge in [0.1, 0.15) is 0 Å². The summed E-state index contributed by atoms with van der Waals surface area (Å²) in [5.74, 6) is -0.633. The van der Waals surface area contributed by atoms with Crippen LogP contribution in [0.25, 0.3) is 10.2 Å². The maximum atomic E-state index is 13.2. The van der Waals surface area contributed by atoms with E-state index in [4.69, 9.17) is 4.98 Å². The van der Waals surface area contributed by atoms with Crippen LogP contribution < -0.4 is 4.90 Å². The van der Waals surface area contributed by atoms with Crippen molar-refractivity contribution in [1.82, 2.24) is 4.98 Å². The zero-order valence-electron chi connectivity index (χ0n) is 15.0. The molecule has 1 saturated heterocycles. The van der Waals surface area contributed by atoms with Gasteiger partial charge in [-0.05, 0) is 30.5 Å². The predicted octanol–water partition coefficient (Wildman–Crippen LogP) is 3.57. The highest BCUT2D eigenvalue weighted by Gasteiger charge is 2.36. The number of para-hydroxylation sites is 1. The number of aromatic nitrogens is 1. The highest BCUT2D eigenvalue weighted by molar-refractivity contribution is 7.91. The van der Waals surface area contributed by atoms with E-state index in [0.29, 0.717) is 18.1 Å². The quantitative estimate of drug-likeness (QED) is 0.671. The van der Waals surface area contributed by atoms with Gasteiger partial charge < -0.3 is 0 Å². The van der Waals surface area contributed by atoms with Gasteiger partial charge in [0, 0.05) is 0 Å². The van der Waals surface area contributed by atoms with Gasteiger partial charge in [-0.15, -0.1) is 0 Å². The summed E-state index contributed by atoms with van der Waals surface area (Å²) in [5, 5.41) is 0.623. The van der Waals surface area contributed by atoms with Gasteiger partial charge in [0.05, 0.1) is 34.2 Å². The van der Waals surface area contributed by atoms with E-state index in [9.17, 15) is 13.2 Å². The Kier molecular flexibility index (Phi) is 4.74. The van der Waals surface area contributed by atoms with Gasteiger partial charge in [-0.2, -0.15) is 0 Å². The molecule has 1 aliphatic heterocycles. The molecule has 1 aromatic heterocycles. The Bertz CT molecular complexity index is 1090. The van der Waals surface area contributed by atoms with Crippen LogP contribution in [0.15, 0.2) is 48.5 Å². The van der Waals surface area contributed by atoms with Crippen LogP contribution in [0.4, 0.5) is 5.13 Å². The number of rotatable bonds is 4. The van der Waals surface area contributed by atoms with Gasteiger partial charge in [0.25, 0.3) is 0 Å². The number of anilines is 1. The SMILES string of the molecule is Cc1cccc2sc(N(Cc3ccccc3)C(=O)[C@@H]3CCS(=O)(=O)C3)nc12. The monoisotopic (exact) mass is 400 g/mol. The van der Waals surface area contributed by atoms with Crippen molar-refractivity contribution < 1.29 is 13.2 Å². The molecule has 140 valence electrons. The van der Waals surface area contributed by atoms with Crippen LogP contribution in [0.5, 0.6) is 0 Å². The number of aryl methyl sites for hydroxylation is 1. The number of carbonyl (C=O) groups excluding carboxylic acids is 1. The molecule has 1 amide bonds. The third-order valence-corrected chi connectivity index (χ3v) is 7.68. The van der Waals surface area contributed by atoms with Crippen LogP contribution in [-0.4, -0.2) is 30.8 Å². The number of hydrogen-bond donors (Lipinski definition) is 0. The molecular formula is C20H20N2O3S2. The van der Waals surface area contributed by atoms with Gasteiger partial charge in [0.15, 0.2) is 15.0 Å². The minimum absolute atomic E-state index is 0.0684. The predicted molar refractivity (Wildman–Crippen MR) is 109 cm³/mol. The summed E-state index contributed by atoms with van der Waals surface area (Å²) in [6.07, 6.45) is 0.385.